The van der Waals surface area contributed by atoms with Crippen molar-refractivity contribution in [1.82, 2.24) is 4.98 Å². The SMILES string of the molecule is Fc1c(Cl)cccc1OCc1nc(Cl)ccc1Cl. The number of benzene rings is 1. The van der Waals surface area contributed by atoms with E-state index >= 15 is 0 Å². The molecule has 2 aromatic rings. The first kappa shape index (κ1) is 13.4. The van der Waals surface area contributed by atoms with E-state index in [0.29, 0.717) is 15.9 Å². The highest BCUT2D eigenvalue weighted by Gasteiger charge is 2.09. The van der Waals surface area contributed by atoms with E-state index in [1.54, 1.807) is 18.2 Å². The van der Waals surface area contributed by atoms with Gasteiger partial charge in [0.15, 0.2) is 11.6 Å². The van der Waals surface area contributed by atoms with Gasteiger partial charge in [0, 0.05) is 0 Å². The van der Waals surface area contributed by atoms with Gasteiger partial charge in [-0.1, -0.05) is 40.9 Å². The van der Waals surface area contributed by atoms with Crippen LogP contribution in [0.15, 0.2) is 30.3 Å². The highest BCUT2D eigenvalue weighted by Crippen LogP contribution is 2.25. The number of ether oxygens (including phenoxy) is 1. The first-order valence-corrected chi connectivity index (χ1v) is 6.09. The quantitative estimate of drug-likeness (QED) is 0.763. The Bertz CT molecular complexity index is 575. The Hall–Kier alpha value is -1.03. The zero-order valence-corrected chi connectivity index (χ0v) is 11.2. The standard InChI is InChI=1S/C12H7Cl3FNO/c13-7-4-5-11(15)17-9(7)6-18-10-3-1-2-8(14)12(10)16/h1-5H,6H2. The maximum absolute atomic E-state index is 13.5. The summed E-state index contributed by atoms with van der Waals surface area (Å²) in [5.74, 6) is -0.572. The smallest absolute Gasteiger partial charge is 0.183 e. The minimum absolute atomic E-state index is 0.00218. The molecule has 0 radical (unpaired) electrons. The number of pyridine rings is 1. The van der Waals surface area contributed by atoms with Gasteiger partial charge in [-0.05, 0) is 24.3 Å². The molecule has 0 fully saturated rings. The Morgan fingerprint density at radius 3 is 2.61 bits per heavy atom. The number of aromatic nitrogens is 1. The van der Waals surface area contributed by atoms with Gasteiger partial charge in [-0.15, -0.1) is 0 Å². The molecule has 0 saturated carbocycles. The molecule has 0 unspecified atom stereocenters. The molecule has 18 heavy (non-hydrogen) atoms. The lowest BCUT2D eigenvalue weighted by molar-refractivity contribution is 0.286. The van der Waals surface area contributed by atoms with Crippen LogP contribution in [0.5, 0.6) is 5.75 Å². The highest BCUT2D eigenvalue weighted by molar-refractivity contribution is 6.32. The third-order valence-electron chi connectivity index (χ3n) is 2.17. The Balaban J connectivity index is 2.16. The monoisotopic (exact) mass is 305 g/mol. The van der Waals surface area contributed by atoms with E-state index < -0.39 is 5.82 Å². The minimum Gasteiger partial charge on any atom is -0.484 e. The van der Waals surface area contributed by atoms with Crippen molar-refractivity contribution in [2.24, 2.45) is 0 Å². The summed E-state index contributed by atoms with van der Waals surface area (Å²) in [7, 11) is 0. The summed E-state index contributed by atoms with van der Waals surface area (Å²) in [5, 5.41) is 0.698. The summed E-state index contributed by atoms with van der Waals surface area (Å²) in [4.78, 5) is 3.99. The number of nitrogens with zero attached hydrogens (tertiary/aromatic N) is 1. The molecule has 0 bridgehead atoms. The first-order chi connectivity index (χ1) is 8.58. The molecule has 0 aliphatic carbocycles. The van der Waals surface area contributed by atoms with Crippen LogP contribution in [0.1, 0.15) is 5.69 Å². The molecule has 0 atom stereocenters. The molecular formula is C12H7Cl3FNO. The molecule has 1 aromatic heterocycles. The molecule has 0 aliphatic rings. The maximum atomic E-state index is 13.5. The summed E-state index contributed by atoms with van der Waals surface area (Å²) >= 11 is 17.3. The largest absolute Gasteiger partial charge is 0.484 e. The van der Waals surface area contributed by atoms with Crippen LogP contribution in [-0.4, -0.2) is 4.98 Å². The van der Waals surface area contributed by atoms with Crippen molar-refractivity contribution in [1.29, 1.82) is 0 Å². The molecule has 1 aromatic carbocycles. The number of hydrogen-bond acceptors (Lipinski definition) is 2. The summed E-state index contributed by atoms with van der Waals surface area (Å²) in [5.41, 5.74) is 0.434. The average molecular weight is 307 g/mol. The van der Waals surface area contributed by atoms with Crippen LogP contribution in [0.25, 0.3) is 0 Å². The Kier molecular flexibility index (Phi) is 4.27. The van der Waals surface area contributed by atoms with E-state index in [1.165, 1.54) is 12.1 Å². The summed E-state index contributed by atoms with van der Waals surface area (Å²) < 4.78 is 18.8. The fraction of sp³-hybridized carbons (Fsp3) is 0.0833. The zero-order chi connectivity index (χ0) is 13.1. The Labute approximate surface area is 118 Å². The van der Waals surface area contributed by atoms with Crippen molar-refractivity contribution in [3.63, 3.8) is 0 Å². The first-order valence-electron chi connectivity index (χ1n) is 4.95. The molecule has 0 saturated heterocycles. The summed E-state index contributed by atoms with van der Waals surface area (Å²) in [6.45, 7) is 0.0106. The molecule has 6 heteroatoms. The average Bonchev–Trinajstić information content (AvgIpc) is 2.35. The van der Waals surface area contributed by atoms with Crippen molar-refractivity contribution < 1.29 is 9.13 Å². The van der Waals surface area contributed by atoms with Crippen molar-refractivity contribution in [3.05, 3.63) is 57.0 Å². The third-order valence-corrected chi connectivity index (χ3v) is 3.01. The van der Waals surface area contributed by atoms with E-state index in [2.05, 4.69) is 4.98 Å². The predicted octanol–water partition coefficient (Wildman–Crippen LogP) is 4.76. The molecule has 94 valence electrons. The van der Waals surface area contributed by atoms with Gasteiger partial charge in [0.25, 0.3) is 0 Å². The van der Waals surface area contributed by atoms with Crippen LogP contribution in [0.2, 0.25) is 15.2 Å². The minimum atomic E-state index is -0.614. The molecule has 2 rings (SSSR count). The van der Waals surface area contributed by atoms with E-state index in [0.717, 1.165) is 0 Å². The van der Waals surface area contributed by atoms with Crippen LogP contribution in [-0.2, 0) is 6.61 Å². The molecule has 0 N–H and O–H groups in total. The molecule has 0 spiro atoms. The molecule has 2 nitrogen and oxygen atoms in total. The van der Waals surface area contributed by atoms with Crippen molar-refractivity contribution in [2.45, 2.75) is 6.61 Å². The molecular weight excluding hydrogens is 299 g/mol. The van der Waals surface area contributed by atoms with E-state index in [4.69, 9.17) is 39.5 Å². The van der Waals surface area contributed by atoms with Crippen LogP contribution in [0.4, 0.5) is 4.39 Å². The van der Waals surface area contributed by atoms with Gasteiger partial charge in [0.1, 0.15) is 11.8 Å². The maximum Gasteiger partial charge on any atom is 0.183 e. The van der Waals surface area contributed by atoms with E-state index in [1.807, 2.05) is 0 Å². The van der Waals surface area contributed by atoms with Gasteiger partial charge in [-0.2, -0.15) is 0 Å². The lowest BCUT2D eigenvalue weighted by atomic mass is 10.3. The number of halogens is 4. The highest BCUT2D eigenvalue weighted by atomic mass is 35.5. The lowest BCUT2D eigenvalue weighted by Crippen LogP contribution is -2.01. The second-order valence-corrected chi connectivity index (χ2v) is 4.60. The van der Waals surface area contributed by atoms with E-state index in [9.17, 15) is 4.39 Å². The lowest BCUT2D eigenvalue weighted by Gasteiger charge is -2.08. The van der Waals surface area contributed by atoms with Crippen molar-refractivity contribution in [3.8, 4) is 5.75 Å². The van der Waals surface area contributed by atoms with Crippen LogP contribution < -0.4 is 4.74 Å². The fourth-order valence-corrected chi connectivity index (χ4v) is 1.79. The van der Waals surface area contributed by atoms with Gasteiger partial charge >= 0.3 is 0 Å². The van der Waals surface area contributed by atoms with Crippen molar-refractivity contribution >= 4 is 34.8 Å². The fourth-order valence-electron chi connectivity index (χ4n) is 1.30. The summed E-state index contributed by atoms with van der Waals surface area (Å²) in [6.07, 6.45) is 0. The second-order valence-electron chi connectivity index (χ2n) is 3.40. The Morgan fingerprint density at radius 1 is 1.06 bits per heavy atom. The van der Waals surface area contributed by atoms with Gasteiger partial charge < -0.3 is 4.74 Å². The van der Waals surface area contributed by atoms with Gasteiger partial charge in [-0.3, -0.25) is 0 Å². The zero-order valence-electron chi connectivity index (χ0n) is 8.96. The van der Waals surface area contributed by atoms with Crippen molar-refractivity contribution in [2.75, 3.05) is 0 Å². The van der Waals surface area contributed by atoms with Crippen LogP contribution in [0.3, 0.4) is 0 Å². The van der Waals surface area contributed by atoms with Gasteiger partial charge in [0.05, 0.1) is 15.7 Å². The van der Waals surface area contributed by atoms with Gasteiger partial charge in [-0.25, -0.2) is 9.37 Å². The van der Waals surface area contributed by atoms with Crippen LogP contribution in [0, 0.1) is 5.82 Å². The van der Waals surface area contributed by atoms with Gasteiger partial charge in [0.2, 0.25) is 0 Å². The molecule has 0 aliphatic heterocycles. The third kappa shape index (κ3) is 3.05. The topological polar surface area (TPSA) is 22.1 Å². The normalized spacial score (nSPS) is 10.4. The summed E-state index contributed by atoms with van der Waals surface area (Å²) in [6, 6.07) is 7.67. The molecule has 0 amide bonds. The number of rotatable bonds is 3. The number of hydrogen-bond donors (Lipinski definition) is 0. The Morgan fingerprint density at radius 2 is 1.83 bits per heavy atom. The predicted molar refractivity (Wildman–Crippen MR) is 70.0 cm³/mol. The van der Waals surface area contributed by atoms with Crippen LogP contribution >= 0.6 is 34.8 Å². The van der Waals surface area contributed by atoms with E-state index in [-0.39, 0.29) is 17.4 Å². The second kappa shape index (κ2) is 5.74. The molecule has 1 heterocycles.